The Hall–Kier alpha value is -2.14. The maximum atomic E-state index is 12.0. The molecule has 2 aromatic rings. The van der Waals surface area contributed by atoms with E-state index < -0.39 is 0 Å². The minimum atomic E-state index is -0.0417. The lowest BCUT2D eigenvalue weighted by Gasteiger charge is -2.10. The molecule has 0 bridgehead atoms. The minimum absolute atomic E-state index is 0.0417. The van der Waals surface area contributed by atoms with E-state index in [1.807, 2.05) is 36.5 Å². The maximum absolute atomic E-state index is 12.0. The first kappa shape index (κ1) is 13.8. The molecule has 0 radical (unpaired) electrons. The maximum Gasteiger partial charge on any atom is 0.251 e. The van der Waals surface area contributed by atoms with Crippen molar-refractivity contribution >= 4 is 5.91 Å². The topological polar surface area (TPSA) is 56.1 Å². The zero-order valence-corrected chi connectivity index (χ0v) is 11.9. The minimum Gasteiger partial charge on any atom is -0.378 e. The smallest absolute Gasteiger partial charge is 0.251 e. The average Bonchev–Trinajstić information content (AvgIpc) is 3.21. The molecular weight excluding hydrogens is 266 g/mol. The molecule has 1 aromatic carbocycles. The fourth-order valence-electron chi connectivity index (χ4n) is 2.51. The quantitative estimate of drug-likeness (QED) is 0.916. The fourth-order valence-corrected chi connectivity index (χ4v) is 2.51. The van der Waals surface area contributed by atoms with Crippen molar-refractivity contribution in [2.75, 3.05) is 13.2 Å². The predicted molar refractivity (Wildman–Crippen MR) is 79.5 cm³/mol. The largest absolute Gasteiger partial charge is 0.378 e. The van der Waals surface area contributed by atoms with Gasteiger partial charge in [0.05, 0.1) is 11.8 Å². The van der Waals surface area contributed by atoms with E-state index in [0.717, 1.165) is 31.6 Å². The Morgan fingerprint density at radius 2 is 2.24 bits per heavy atom. The van der Waals surface area contributed by atoms with E-state index in [2.05, 4.69) is 10.4 Å². The summed E-state index contributed by atoms with van der Waals surface area (Å²) in [7, 11) is 0. The van der Waals surface area contributed by atoms with Crippen LogP contribution in [0.4, 0.5) is 0 Å². The molecule has 1 saturated heterocycles. The molecule has 3 rings (SSSR count). The Kier molecular flexibility index (Phi) is 4.31. The predicted octanol–water partition coefficient (Wildman–Crippen LogP) is 2.17. The van der Waals surface area contributed by atoms with Gasteiger partial charge in [-0.1, -0.05) is 0 Å². The molecule has 1 aliphatic rings. The average molecular weight is 285 g/mol. The van der Waals surface area contributed by atoms with E-state index in [0.29, 0.717) is 18.2 Å². The zero-order chi connectivity index (χ0) is 14.5. The Morgan fingerprint density at radius 1 is 1.38 bits per heavy atom. The van der Waals surface area contributed by atoms with Crippen LogP contribution in [0.2, 0.25) is 0 Å². The molecule has 1 unspecified atom stereocenters. The lowest BCUT2D eigenvalue weighted by Crippen LogP contribution is -2.27. The van der Waals surface area contributed by atoms with E-state index in [1.165, 1.54) is 0 Å². The summed E-state index contributed by atoms with van der Waals surface area (Å²) >= 11 is 0. The molecule has 5 heteroatoms. The van der Waals surface area contributed by atoms with Crippen LogP contribution in [0.15, 0.2) is 42.7 Å². The van der Waals surface area contributed by atoms with Gasteiger partial charge in [0.15, 0.2) is 0 Å². The molecule has 0 spiro atoms. The number of amides is 1. The number of ether oxygens (including phenoxy) is 1. The van der Waals surface area contributed by atoms with Gasteiger partial charge >= 0.3 is 0 Å². The summed E-state index contributed by atoms with van der Waals surface area (Å²) in [4.78, 5) is 12.0. The van der Waals surface area contributed by atoms with E-state index >= 15 is 0 Å². The second-order valence-corrected chi connectivity index (χ2v) is 5.18. The van der Waals surface area contributed by atoms with E-state index in [1.54, 1.807) is 10.9 Å². The highest BCUT2D eigenvalue weighted by atomic mass is 16.5. The van der Waals surface area contributed by atoms with Crippen LogP contribution in [-0.2, 0) is 4.74 Å². The molecule has 0 saturated carbocycles. The van der Waals surface area contributed by atoms with Crippen molar-refractivity contribution in [3.8, 4) is 5.69 Å². The van der Waals surface area contributed by atoms with Gasteiger partial charge in [-0.15, -0.1) is 0 Å². The summed E-state index contributed by atoms with van der Waals surface area (Å²) in [6, 6.07) is 9.28. The second-order valence-electron chi connectivity index (χ2n) is 5.18. The molecule has 1 aliphatic heterocycles. The number of benzene rings is 1. The first-order valence-corrected chi connectivity index (χ1v) is 7.33. The number of hydrogen-bond donors (Lipinski definition) is 1. The van der Waals surface area contributed by atoms with Crippen molar-refractivity contribution < 1.29 is 9.53 Å². The SMILES string of the molecule is O=C(NCCC1CCCO1)c1ccc(-n2cccn2)cc1. The van der Waals surface area contributed by atoms with Gasteiger partial charge in [0.25, 0.3) is 5.91 Å². The molecule has 0 aliphatic carbocycles. The van der Waals surface area contributed by atoms with Crippen molar-refractivity contribution in [1.29, 1.82) is 0 Å². The third-order valence-corrected chi connectivity index (χ3v) is 3.67. The van der Waals surface area contributed by atoms with Crippen molar-refractivity contribution in [1.82, 2.24) is 15.1 Å². The van der Waals surface area contributed by atoms with E-state index in [-0.39, 0.29) is 5.91 Å². The summed E-state index contributed by atoms with van der Waals surface area (Å²) < 4.78 is 7.30. The monoisotopic (exact) mass is 285 g/mol. The second kappa shape index (κ2) is 6.54. The standard InChI is InChI=1S/C16H19N3O2/c20-16(17-10-8-15-3-1-12-21-15)13-4-6-14(7-5-13)19-11-2-9-18-19/h2,4-7,9,11,15H,1,3,8,10,12H2,(H,17,20). The summed E-state index contributed by atoms with van der Waals surface area (Å²) in [6.07, 6.45) is 7.04. The van der Waals surface area contributed by atoms with Crippen LogP contribution in [0.3, 0.4) is 0 Å². The van der Waals surface area contributed by atoms with Crippen LogP contribution in [-0.4, -0.2) is 34.9 Å². The van der Waals surface area contributed by atoms with E-state index in [9.17, 15) is 4.79 Å². The van der Waals surface area contributed by atoms with Crippen molar-refractivity contribution in [3.05, 3.63) is 48.3 Å². The van der Waals surface area contributed by atoms with Gasteiger partial charge in [0.2, 0.25) is 0 Å². The van der Waals surface area contributed by atoms with Crippen molar-refractivity contribution in [2.24, 2.45) is 0 Å². The Bertz CT molecular complexity index is 572. The highest BCUT2D eigenvalue weighted by molar-refractivity contribution is 5.94. The van der Waals surface area contributed by atoms with Crippen molar-refractivity contribution in [3.63, 3.8) is 0 Å². The Labute approximate surface area is 123 Å². The molecule has 1 atom stereocenters. The summed E-state index contributed by atoms with van der Waals surface area (Å²) in [5.74, 6) is -0.0417. The van der Waals surface area contributed by atoms with E-state index in [4.69, 9.17) is 4.74 Å². The number of nitrogens with one attached hydrogen (secondary N) is 1. The third kappa shape index (κ3) is 3.49. The highest BCUT2D eigenvalue weighted by Crippen LogP contribution is 2.14. The summed E-state index contributed by atoms with van der Waals surface area (Å²) in [6.45, 7) is 1.51. The van der Waals surface area contributed by atoms with Gasteiger partial charge in [0.1, 0.15) is 0 Å². The molecular formula is C16H19N3O2. The van der Waals surface area contributed by atoms with Crippen LogP contribution in [0.5, 0.6) is 0 Å². The van der Waals surface area contributed by atoms with Gasteiger partial charge in [-0.05, 0) is 49.6 Å². The van der Waals surface area contributed by atoms with Gasteiger partial charge in [-0.2, -0.15) is 5.10 Å². The van der Waals surface area contributed by atoms with Crippen LogP contribution in [0, 0.1) is 0 Å². The summed E-state index contributed by atoms with van der Waals surface area (Å²) in [5, 5.41) is 7.10. The van der Waals surface area contributed by atoms with Gasteiger partial charge in [-0.3, -0.25) is 4.79 Å². The number of carbonyl (C=O) groups excluding carboxylic acids is 1. The number of nitrogens with zero attached hydrogens (tertiary/aromatic N) is 2. The Morgan fingerprint density at radius 3 is 2.90 bits per heavy atom. The zero-order valence-electron chi connectivity index (χ0n) is 11.9. The number of rotatable bonds is 5. The Balaban J connectivity index is 1.52. The normalized spacial score (nSPS) is 17.8. The fraction of sp³-hybridized carbons (Fsp3) is 0.375. The van der Waals surface area contributed by atoms with Gasteiger partial charge in [-0.25, -0.2) is 4.68 Å². The summed E-state index contributed by atoms with van der Waals surface area (Å²) in [5.41, 5.74) is 1.61. The molecule has 1 N–H and O–H groups in total. The lowest BCUT2D eigenvalue weighted by atomic mass is 10.1. The molecule has 110 valence electrons. The van der Waals surface area contributed by atoms with Gasteiger partial charge in [0, 0.05) is 31.1 Å². The van der Waals surface area contributed by atoms with Crippen LogP contribution < -0.4 is 5.32 Å². The number of carbonyl (C=O) groups is 1. The van der Waals surface area contributed by atoms with Crippen molar-refractivity contribution in [2.45, 2.75) is 25.4 Å². The highest BCUT2D eigenvalue weighted by Gasteiger charge is 2.15. The first-order valence-electron chi connectivity index (χ1n) is 7.33. The number of hydrogen-bond acceptors (Lipinski definition) is 3. The lowest BCUT2D eigenvalue weighted by molar-refractivity contribution is 0.0907. The number of aromatic nitrogens is 2. The molecule has 1 amide bonds. The van der Waals surface area contributed by atoms with Crippen LogP contribution >= 0.6 is 0 Å². The molecule has 1 fully saturated rings. The molecule has 5 nitrogen and oxygen atoms in total. The molecule has 21 heavy (non-hydrogen) atoms. The third-order valence-electron chi connectivity index (χ3n) is 3.67. The first-order chi connectivity index (χ1) is 10.3. The molecule has 2 heterocycles. The van der Waals surface area contributed by atoms with Crippen LogP contribution in [0.25, 0.3) is 5.69 Å². The van der Waals surface area contributed by atoms with Crippen LogP contribution in [0.1, 0.15) is 29.6 Å². The van der Waals surface area contributed by atoms with Gasteiger partial charge < -0.3 is 10.1 Å². The molecule has 1 aromatic heterocycles.